The Balaban J connectivity index is 1.31. The highest BCUT2D eigenvalue weighted by Gasteiger charge is 2.16. The van der Waals surface area contributed by atoms with Crippen LogP contribution in [-0.4, -0.2) is 34.3 Å². The molecule has 1 aromatic carbocycles. The van der Waals surface area contributed by atoms with Crippen molar-refractivity contribution in [2.75, 3.05) is 23.6 Å². The van der Waals surface area contributed by atoms with Crippen LogP contribution in [-0.2, 0) is 11.3 Å². The number of nitrogens with one attached hydrogen (secondary N) is 3. The van der Waals surface area contributed by atoms with E-state index in [1.165, 1.54) is 11.3 Å². The minimum absolute atomic E-state index is 0.0217. The largest absolute Gasteiger partial charge is 0.454 e. The molecular weight excluding hydrogens is 442 g/mol. The summed E-state index contributed by atoms with van der Waals surface area (Å²) in [6, 6.07) is 8.78. The van der Waals surface area contributed by atoms with Crippen molar-refractivity contribution in [1.29, 1.82) is 0 Å². The molecule has 0 unspecified atom stereocenters. The second kappa shape index (κ2) is 9.10. The average molecular weight is 460 g/mol. The van der Waals surface area contributed by atoms with Crippen LogP contribution in [0.15, 0.2) is 45.7 Å². The smallest absolute Gasteiger partial charge is 0.277 e. The third-order valence-electron chi connectivity index (χ3n) is 4.18. The van der Waals surface area contributed by atoms with Gasteiger partial charge in [-0.05, 0) is 29.1 Å². The maximum Gasteiger partial charge on any atom is 0.277 e. The van der Waals surface area contributed by atoms with Crippen molar-refractivity contribution >= 4 is 46.4 Å². The molecule has 0 saturated heterocycles. The number of nitrogens with two attached hydrogens (primary N) is 1. The van der Waals surface area contributed by atoms with Gasteiger partial charge in [-0.25, -0.2) is 4.98 Å². The van der Waals surface area contributed by atoms with Crippen LogP contribution in [0.1, 0.15) is 15.2 Å². The first kappa shape index (κ1) is 20.8. The van der Waals surface area contributed by atoms with Crippen molar-refractivity contribution in [2.45, 2.75) is 11.7 Å². The molecule has 1 aliphatic heterocycles. The number of hydrogen-bond acceptors (Lipinski definition) is 9. The van der Waals surface area contributed by atoms with Gasteiger partial charge in [0.1, 0.15) is 0 Å². The number of thioether (sulfide) groups is 1. The highest BCUT2D eigenvalue weighted by molar-refractivity contribution is 7.99. The van der Waals surface area contributed by atoms with Gasteiger partial charge in [-0.2, -0.15) is 0 Å². The molecule has 4 rings (SSSR count). The molecule has 31 heavy (non-hydrogen) atoms. The number of thiophene rings is 1. The van der Waals surface area contributed by atoms with Gasteiger partial charge in [0.2, 0.25) is 12.7 Å². The summed E-state index contributed by atoms with van der Waals surface area (Å²) in [4.78, 5) is 43.6. The number of carbonyl (C=O) groups is 2. The van der Waals surface area contributed by atoms with Gasteiger partial charge in [0, 0.05) is 6.54 Å². The second-order valence-corrected chi connectivity index (χ2v) is 8.23. The lowest BCUT2D eigenvalue weighted by molar-refractivity contribution is -0.118. The quantitative estimate of drug-likeness (QED) is 0.309. The lowest BCUT2D eigenvalue weighted by atomic mass is 10.2. The zero-order chi connectivity index (χ0) is 21.8. The van der Waals surface area contributed by atoms with Crippen LogP contribution in [0.4, 0.5) is 11.5 Å². The van der Waals surface area contributed by atoms with Crippen molar-refractivity contribution in [1.82, 2.24) is 15.3 Å². The Bertz CT molecular complexity index is 1180. The van der Waals surface area contributed by atoms with Crippen LogP contribution in [0.5, 0.6) is 11.5 Å². The molecule has 1 aliphatic rings. The molecule has 3 heterocycles. The predicted molar refractivity (Wildman–Crippen MR) is 117 cm³/mol. The first-order valence-electron chi connectivity index (χ1n) is 9.02. The number of aromatic amines is 1. The van der Waals surface area contributed by atoms with E-state index in [0.717, 1.165) is 17.3 Å². The van der Waals surface area contributed by atoms with Crippen LogP contribution >= 0.6 is 23.1 Å². The van der Waals surface area contributed by atoms with Crippen molar-refractivity contribution in [3.8, 4) is 11.5 Å². The van der Waals surface area contributed by atoms with E-state index in [9.17, 15) is 14.4 Å². The molecule has 2 aromatic heterocycles. The second-order valence-electron chi connectivity index (χ2n) is 6.32. The molecule has 2 amide bonds. The number of anilines is 2. The first-order valence-corrected chi connectivity index (χ1v) is 10.9. The molecule has 0 saturated carbocycles. The van der Waals surface area contributed by atoms with Crippen LogP contribution in [0.3, 0.4) is 0 Å². The summed E-state index contributed by atoms with van der Waals surface area (Å²) >= 11 is 2.26. The van der Waals surface area contributed by atoms with Gasteiger partial charge >= 0.3 is 0 Å². The molecule has 10 nitrogen and oxygen atoms in total. The molecule has 5 N–H and O–H groups in total. The maximum atomic E-state index is 12.3. The molecule has 0 fully saturated rings. The number of benzene rings is 1. The third-order valence-corrected chi connectivity index (χ3v) is 5.92. The van der Waals surface area contributed by atoms with Gasteiger partial charge in [0.05, 0.1) is 10.6 Å². The Morgan fingerprint density at radius 3 is 2.87 bits per heavy atom. The van der Waals surface area contributed by atoms with E-state index in [-0.39, 0.29) is 35.1 Å². The van der Waals surface area contributed by atoms with E-state index in [2.05, 4.69) is 20.6 Å². The number of carbonyl (C=O) groups excluding carboxylic acids is 2. The highest BCUT2D eigenvalue weighted by atomic mass is 32.2. The standard InChI is InChI=1S/C19H17N5O5S2/c20-16-15(22-17(26)13-2-1-5-30-13)18(27)24-19(23-16)31-8-14(25)21-7-10-3-4-11-12(6-10)29-9-28-11/h1-6H,7-9H2,(H,21,25)(H,22,26)(H3,20,23,24,27). The van der Waals surface area contributed by atoms with Gasteiger partial charge in [0.25, 0.3) is 11.5 Å². The van der Waals surface area contributed by atoms with E-state index in [0.29, 0.717) is 22.9 Å². The van der Waals surface area contributed by atoms with E-state index >= 15 is 0 Å². The predicted octanol–water partition coefficient (Wildman–Crippen LogP) is 1.80. The van der Waals surface area contributed by atoms with Crippen molar-refractivity contribution < 1.29 is 19.1 Å². The first-order chi connectivity index (χ1) is 15.0. The van der Waals surface area contributed by atoms with E-state index in [1.807, 2.05) is 6.07 Å². The summed E-state index contributed by atoms with van der Waals surface area (Å²) in [5, 5.41) is 7.17. The molecule has 0 aliphatic carbocycles. The normalized spacial score (nSPS) is 11.9. The van der Waals surface area contributed by atoms with Gasteiger partial charge in [0.15, 0.2) is 28.2 Å². The fourth-order valence-corrected chi connectivity index (χ4v) is 3.99. The zero-order valence-corrected chi connectivity index (χ0v) is 17.6. The topological polar surface area (TPSA) is 148 Å². The number of ether oxygens (including phenoxy) is 2. The number of nitrogens with zero attached hydrogens (tertiary/aromatic N) is 1. The molecular formula is C19H17N5O5S2. The Labute approximate surface area is 184 Å². The molecule has 0 radical (unpaired) electrons. The maximum absolute atomic E-state index is 12.3. The summed E-state index contributed by atoms with van der Waals surface area (Å²) in [6.07, 6.45) is 0. The minimum atomic E-state index is -0.597. The Morgan fingerprint density at radius 2 is 2.10 bits per heavy atom. The minimum Gasteiger partial charge on any atom is -0.454 e. The molecule has 3 aromatic rings. The molecule has 160 valence electrons. The number of H-pyrrole nitrogens is 1. The van der Waals surface area contributed by atoms with Crippen LogP contribution in [0.25, 0.3) is 0 Å². The fourth-order valence-electron chi connectivity index (χ4n) is 2.68. The summed E-state index contributed by atoms with van der Waals surface area (Å²) in [6.45, 7) is 0.502. The van der Waals surface area contributed by atoms with Gasteiger partial charge in [-0.15, -0.1) is 11.3 Å². The summed E-state index contributed by atoms with van der Waals surface area (Å²) in [5.74, 6) is 0.513. The summed E-state index contributed by atoms with van der Waals surface area (Å²) in [5.41, 5.74) is 5.97. The monoisotopic (exact) mass is 459 g/mol. The number of fused-ring (bicyclic) bond motifs is 1. The summed E-state index contributed by atoms with van der Waals surface area (Å²) < 4.78 is 10.6. The molecule has 0 atom stereocenters. The van der Waals surface area contributed by atoms with Crippen molar-refractivity contribution in [3.05, 3.63) is 56.5 Å². The SMILES string of the molecule is Nc1nc(SCC(=O)NCc2ccc3c(c2)OCO3)[nH]c(=O)c1NC(=O)c1cccs1. The fraction of sp³-hybridized carbons (Fsp3) is 0.158. The molecule has 0 spiro atoms. The Hall–Kier alpha value is -3.51. The Kier molecular flexibility index (Phi) is 6.09. The number of hydrogen-bond donors (Lipinski definition) is 4. The van der Waals surface area contributed by atoms with Crippen LogP contribution < -0.4 is 31.4 Å². The number of amides is 2. The van der Waals surface area contributed by atoms with Gasteiger partial charge in [-0.1, -0.05) is 23.9 Å². The van der Waals surface area contributed by atoms with Crippen LogP contribution in [0, 0.1) is 0 Å². The molecule has 0 bridgehead atoms. The average Bonchev–Trinajstić information content (AvgIpc) is 3.44. The summed E-state index contributed by atoms with van der Waals surface area (Å²) in [7, 11) is 0. The number of rotatable bonds is 7. The van der Waals surface area contributed by atoms with Crippen molar-refractivity contribution in [2.24, 2.45) is 0 Å². The molecule has 12 heteroatoms. The lowest BCUT2D eigenvalue weighted by Gasteiger charge is -2.08. The zero-order valence-electron chi connectivity index (χ0n) is 16.0. The Morgan fingerprint density at radius 1 is 1.26 bits per heavy atom. The third kappa shape index (κ3) is 4.98. The number of nitrogen functional groups attached to an aromatic ring is 1. The highest BCUT2D eigenvalue weighted by Crippen LogP contribution is 2.32. The van der Waals surface area contributed by atoms with Gasteiger partial charge < -0.3 is 25.8 Å². The van der Waals surface area contributed by atoms with E-state index in [1.54, 1.807) is 29.6 Å². The van der Waals surface area contributed by atoms with Crippen molar-refractivity contribution in [3.63, 3.8) is 0 Å². The van der Waals surface area contributed by atoms with Gasteiger partial charge in [-0.3, -0.25) is 19.4 Å². The van der Waals surface area contributed by atoms with E-state index in [4.69, 9.17) is 15.2 Å². The lowest BCUT2D eigenvalue weighted by Crippen LogP contribution is -2.25. The van der Waals surface area contributed by atoms with Crippen LogP contribution in [0.2, 0.25) is 0 Å². The number of aromatic nitrogens is 2. The van der Waals surface area contributed by atoms with E-state index < -0.39 is 11.5 Å².